The van der Waals surface area contributed by atoms with E-state index in [1.165, 1.54) is 11.1 Å². The number of halogens is 1. The number of nitrogens with zero attached hydrogens (tertiary/aromatic N) is 3. The summed E-state index contributed by atoms with van der Waals surface area (Å²) < 4.78 is 6.98. The lowest BCUT2D eigenvalue weighted by atomic mass is 10.1. The van der Waals surface area contributed by atoms with Crippen molar-refractivity contribution in [2.75, 3.05) is 7.05 Å². The van der Waals surface area contributed by atoms with E-state index in [0.29, 0.717) is 11.8 Å². The van der Waals surface area contributed by atoms with Crippen LogP contribution in [0.5, 0.6) is 0 Å². The van der Waals surface area contributed by atoms with E-state index in [9.17, 15) is 0 Å². The van der Waals surface area contributed by atoms with Gasteiger partial charge in [-0.15, -0.1) is 10.2 Å². The second-order valence-corrected chi connectivity index (χ2v) is 6.95. The SMILES string of the molecule is Cc1cccc(-c2nnc([C@@H](C)N(C)Cc3ccc(Br)cc3)o2)c1. The van der Waals surface area contributed by atoms with Crippen LogP contribution in [0.2, 0.25) is 0 Å². The molecule has 0 fully saturated rings. The molecule has 0 aliphatic carbocycles. The highest BCUT2D eigenvalue weighted by Gasteiger charge is 2.19. The normalized spacial score (nSPS) is 12.5. The fourth-order valence-electron chi connectivity index (χ4n) is 2.50. The van der Waals surface area contributed by atoms with Crippen LogP contribution in [0.3, 0.4) is 0 Å². The zero-order valence-corrected chi connectivity index (χ0v) is 15.6. The number of rotatable bonds is 5. The Bertz CT molecular complexity index is 813. The van der Waals surface area contributed by atoms with Crippen LogP contribution < -0.4 is 0 Å². The van der Waals surface area contributed by atoms with Crippen LogP contribution in [0.15, 0.2) is 57.4 Å². The molecule has 0 radical (unpaired) electrons. The average molecular weight is 386 g/mol. The lowest BCUT2D eigenvalue weighted by Gasteiger charge is -2.21. The maximum Gasteiger partial charge on any atom is 0.247 e. The Kier molecular flexibility index (Phi) is 5.11. The molecule has 3 aromatic rings. The molecule has 124 valence electrons. The highest BCUT2D eigenvalue weighted by molar-refractivity contribution is 9.10. The molecule has 0 N–H and O–H groups in total. The smallest absolute Gasteiger partial charge is 0.247 e. The number of hydrogen-bond donors (Lipinski definition) is 0. The monoisotopic (exact) mass is 385 g/mol. The molecular weight excluding hydrogens is 366 g/mol. The first-order valence-electron chi connectivity index (χ1n) is 7.88. The summed E-state index contributed by atoms with van der Waals surface area (Å²) in [5.41, 5.74) is 3.37. The van der Waals surface area contributed by atoms with Gasteiger partial charge in [-0.2, -0.15) is 0 Å². The number of hydrogen-bond acceptors (Lipinski definition) is 4. The standard InChI is InChI=1S/C19H20BrN3O/c1-13-5-4-6-16(11-13)19-22-21-18(24-19)14(2)23(3)12-15-7-9-17(20)10-8-15/h4-11,14H,12H2,1-3H3/t14-/m1/s1. The summed E-state index contributed by atoms with van der Waals surface area (Å²) in [5.74, 6) is 1.20. The summed E-state index contributed by atoms with van der Waals surface area (Å²) in [5, 5.41) is 8.43. The molecule has 0 aliphatic rings. The summed E-state index contributed by atoms with van der Waals surface area (Å²) in [6.45, 7) is 4.94. The number of aryl methyl sites for hydroxylation is 1. The zero-order valence-electron chi connectivity index (χ0n) is 14.0. The van der Waals surface area contributed by atoms with Gasteiger partial charge in [-0.25, -0.2) is 0 Å². The van der Waals surface area contributed by atoms with Gasteiger partial charge in [0.2, 0.25) is 11.8 Å². The minimum Gasteiger partial charge on any atom is -0.419 e. The van der Waals surface area contributed by atoms with Crippen LogP contribution in [0, 0.1) is 6.92 Å². The van der Waals surface area contributed by atoms with E-state index in [2.05, 4.69) is 82.3 Å². The third-order valence-corrected chi connectivity index (χ3v) is 4.60. The molecular formula is C19H20BrN3O. The van der Waals surface area contributed by atoms with Crippen LogP contribution in [0.4, 0.5) is 0 Å². The maximum absolute atomic E-state index is 5.89. The van der Waals surface area contributed by atoms with Gasteiger partial charge in [0.25, 0.3) is 0 Å². The Morgan fingerprint density at radius 3 is 2.58 bits per heavy atom. The molecule has 3 rings (SSSR count). The Morgan fingerprint density at radius 2 is 1.88 bits per heavy atom. The topological polar surface area (TPSA) is 42.2 Å². The first-order chi connectivity index (χ1) is 11.5. The van der Waals surface area contributed by atoms with Gasteiger partial charge in [-0.1, -0.05) is 45.8 Å². The second kappa shape index (κ2) is 7.28. The van der Waals surface area contributed by atoms with Gasteiger partial charge in [0.1, 0.15) is 0 Å². The van der Waals surface area contributed by atoms with Crippen molar-refractivity contribution in [3.8, 4) is 11.5 Å². The quantitative estimate of drug-likeness (QED) is 0.619. The van der Waals surface area contributed by atoms with Crippen molar-refractivity contribution in [3.63, 3.8) is 0 Å². The predicted molar refractivity (Wildman–Crippen MR) is 98.5 cm³/mol. The van der Waals surface area contributed by atoms with Crippen LogP contribution in [0.25, 0.3) is 11.5 Å². The summed E-state index contributed by atoms with van der Waals surface area (Å²) in [4.78, 5) is 2.19. The third-order valence-electron chi connectivity index (χ3n) is 4.07. The van der Waals surface area contributed by atoms with Gasteiger partial charge in [-0.3, -0.25) is 4.90 Å². The highest BCUT2D eigenvalue weighted by Crippen LogP contribution is 2.25. The lowest BCUT2D eigenvalue weighted by molar-refractivity contribution is 0.218. The summed E-state index contributed by atoms with van der Waals surface area (Å²) in [6, 6.07) is 16.5. The lowest BCUT2D eigenvalue weighted by Crippen LogP contribution is -2.22. The molecule has 2 aromatic carbocycles. The predicted octanol–water partition coefficient (Wildman–Crippen LogP) is 5.00. The van der Waals surface area contributed by atoms with Gasteiger partial charge < -0.3 is 4.42 Å². The van der Waals surface area contributed by atoms with Gasteiger partial charge >= 0.3 is 0 Å². The second-order valence-electron chi connectivity index (χ2n) is 6.03. The van der Waals surface area contributed by atoms with E-state index in [1.54, 1.807) is 0 Å². The van der Waals surface area contributed by atoms with Crippen molar-refractivity contribution in [2.24, 2.45) is 0 Å². The van der Waals surface area contributed by atoms with Crippen molar-refractivity contribution in [1.29, 1.82) is 0 Å². The first-order valence-corrected chi connectivity index (χ1v) is 8.67. The van der Waals surface area contributed by atoms with E-state index < -0.39 is 0 Å². The van der Waals surface area contributed by atoms with Crippen molar-refractivity contribution in [2.45, 2.75) is 26.4 Å². The molecule has 0 aliphatic heterocycles. The van der Waals surface area contributed by atoms with Gasteiger partial charge in [-0.05, 0) is 50.7 Å². The summed E-state index contributed by atoms with van der Waals surface area (Å²) in [6.07, 6.45) is 0. The molecule has 4 nitrogen and oxygen atoms in total. The molecule has 0 saturated carbocycles. The largest absolute Gasteiger partial charge is 0.419 e. The molecule has 1 aromatic heterocycles. The van der Waals surface area contributed by atoms with Crippen LogP contribution >= 0.6 is 15.9 Å². The Hall–Kier alpha value is -1.98. The van der Waals surface area contributed by atoms with Crippen molar-refractivity contribution < 1.29 is 4.42 Å². The molecule has 0 spiro atoms. The molecule has 0 bridgehead atoms. The summed E-state index contributed by atoms with van der Waals surface area (Å²) >= 11 is 3.46. The van der Waals surface area contributed by atoms with Gasteiger partial charge in [0.05, 0.1) is 6.04 Å². The van der Waals surface area contributed by atoms with Gasteiger partial charge in [0, 0.05) is 16.6 Å². The molecule has 1 heterocycles. The van der Waals surface area contributed by atoms with E-state index in [0.717, 1.165) is 16.6 Å². The van der Waals surface area contributed by atoms with Crippen LogP contribution in [0.1, 0.15) is 30.0 Å². The molecule has 24 heavy (non-hydrogen) atoms. The molecule has 5 heteroatoms. The van der Waals surface area contributed by atoms with Crippen LogP contribution in [-0.4, -0.2) is 22.1 Å². The third kappa shape index (κ3) is 3.91. The maximum atomic E-state index is 5.89. The molecule has 0 amide bonds. The van der Waals surface area contributed by atoms with E-state index in [-0.39, 0.29) is 6.04 Å². The van der Waals surface area contributed by atoms with E-state index in [1.807, 2.05) is 18.2 Å². The Labute approximate surface area is 150 Å². The highest BCUT2D eigenvalue weighted by atomic mass is 79.9. The number of aromatic nitrogens is 2. The van der Waals surface area contributed by atoms with Crippen LogP contribution in [-0.2, 0) is 6.54 Å². The van der Waals surface area contributed by atoms with Crippen molar-refractivity contribution >= 4 is 15.9 Å². The molecule has 0 unspecified atom stereocenters. The zero-order chi connectivity index (χ0) is 17.1. The molecule has 1 atom stereocenters. The average Bonchev–Trinajstić information content (AvgIpc) is 3.06. The van der Waals surface area contributed by atoms with Gasteiger partial charge in [0.15, 0.2) is 0 Å². The van der Waals surface area contributed by atoms with E-state index >= 15 is 0 Å². The minimum absolute atomic E-state index is 0.0414. The van der Waals surface area contributed by atoms with E-state index in [4.69, 9.17) is 4.42 Å². The first kappa shape index (κ1) is 16.9. The fraction of sp³-hybridized carbons (Fsp3) is 0.263. The number of benzene rings is 2. The minimum atomic E-state index is 0.0414. The van der Waals surface area contributed by atoms with Crippen molar-refractivity contribution in [3.05, 3.63) is 70.0 Å². The Balaban J connectivity index is 1.73. The molecule has 0 saturated heterocycles. The fourth-order valence-corrected chi connectivity index (χ4v) is 2.77. The summed E-state index contributed by atoms with van der Waals surface area (Å²) in [7, 11) is 2.06. The Morgan fingerprint density at radius 1 is 1.12 bits per heavy atom. The van der Waals surface area contributed by atoms with Crippen molar-refractivity contribution in [1.82, 2.24) is 15.1 Å².